The fraction of sp³-hybridized carbons (Fsp3) is 0.0625. The molecule has 4 nitrogen and oxygen atoms in total. The van der Waals surface area contributed by atoms with Crippen LogP contribution in [0.1, 0.15) is 0 Å². The summed E-state index contributed by atoms with van der Waals surface area (Å²) in [6.45, 7) is 0. The molecule has 4 rings (SSSR count). The van der Waals surface area contributed by atoms with Gasteiger partial charge in [0.2, 0.25) is 5.95 Å². The highest BCUT2D eigenvalue weighted by Crippen LogP contribution is 2.27. The van der Waals surface area contributed by atoms with Gasteiger partial charge < -0.3 is 14.9 Å². The van der Waals surface area contributed by atoms with E-state index in [9.17, 15) is 0 Å². The van der Waals surface area contributed by atoms with Crippen LogP contribution >= 0.6 is 0 Å². The molecule has 0 aliphatic carbocycles. The van der Waals surface area contributed by atoms with Crippen molar-refractivity contribution in [2.24, 2.45) is 7.05 Å². The molecule has 0 saturated carbocycles. The zero-order valence-electron chi connectivity index (χ0n) is 11.1. The monoisotopic (exact) mass is 262 g/mol. The lowest BCUT2D eigenvalue weighted by Crippen LogP contribution is -1.91. The average molecular weight is 262 g/mol. The van der Waals surface area contributed by atoms with Crippen LogP contribution < -0.4 is 5.32 Å². The van der Waals surface area contributed by atoms with Crippen LogP contribution in [0.25, 0.3) is 21.9 Å². The van der Waals surface area contributed by atoms with Crippen LogP contribution in [0.2, 0.25) is 0 Å². The summed E-state index contributed by atoms with van der Waals surface area (Å²) in [6, 6.07) is 16.3. The molecule has 0 spiro atoms. The fourth-order valence-electron chi connectivity index (χ4n) is 2.58. The van der Waals surface area contributed by atoms with Crippen molar-refractivity contribution < 1.29 is 0 Å². The van der Waals surface area contributed by atoms with Gasteiger partial charge in [0.05, 0.1) is 16.7 Å². The minimum Gasteiger partial charge on any atom is -0.348 e. The minimum atomic E-state index is 0.766. The molecule has 0 atom stereocenters. The Morgan fingerprint density at radius 1 is 1.05 bits per heavy atom. The predicted octanol–water partition coefficient (Wildman–Crippen LogP) is 3.80. The number of H-pyrrole nitrogens is 1. The number of hydrogen-bond donors (Lipinski definition) is 2. The summed E-state index contributed by atoms with van der Waals surface area (Å²) < 4.78 is 2.11. The molecule has 0 fully saturated rings. The zero-order valence-corrected chi connectivity index (χ0v) is 11.1. The molecule has 0 unspecified atom stereocenters. The number of imidazole rings is 1. The maximum Gasteiger partial charge on any atom is 0.205 e. The first-order valence-corrected chi connectivity index (χ1v) is 6.57. The number of nitrogens with one attached hydrogen (secondary N) is 2. The van der Waals surface area contributed by atoms with E-state index in [-0.39, 0.29) is 0 Å². The van der Waals surface area contributed by atoms with Crippen molar-refractivity contribution in [1.29, 1.82) is 0 Å². The number of aromatic nitrogens is 3. The summed E-state index contributed by atoms with van der Waals surface area (Å²) >= 11 is 0. The number of nitrogens with zero attached hydrogens (tertiary/aromatic N) is 2. The molecule has 4 heteroatoms. The van der Waals surface area contributed by atoms with Gasteiger partial charge in [0.1, 0.15) is 0 Å². The van der Waals surface area contributed by atoms with E-state index in [4.69, 9.17) is 0 Å². The first-order chi connectivity index (χ1) is 9.81. The molecule has 0 aliphatic rings. The van der Waals surface area contributed by atoms with E-state index in [1.807, 2.05) is 43.4 Å². The maximum absolute atomic E-state index is 4.55. The largest absolute Gasteiger partial charge is 0.348 e. The summed E-state index contributed by atoms with van der Waals surface area (Å²) in [4.78, 5) is 7.83. The molecule has 98 valence electrons. The van der Waals surface area contributed by atoms with Crippen molar-refractivity contribution in [3.05, 3.63) is 54.7 Å². The topological polar surface area (TPSA) is 45.6 Å². The molecule has 0 bridgehead atoms. The second-order valence-electron chi connectivity index (χ2n) is 4.90. The molecule has 0 radical (unpaired) electrons. The molecule has 0 amide bonds. The summed E-state index contributed by atoms with van der Waals surface area (Å²) in [5.41, 5.74) is 4.26. The number of benzene rings is 2. The first kappa shape index (κ1) is 11.1. The summed E-state index contributed by atoms with van der Waals surface area (Å²) in [7, 11) is 2.05. The van der Waals surface area contributed by atoms with Crippen molar-refractivity contribution in [1.82, 2.24) is 14.5 Å². The van der Waals surface area contributed by atoms with E-state index in [1.165, 1.54) is 10.9 Å². The lowest BCUT2D eigenvalue weighted by Gasteiger charge is -1.99. The van der Waals surface area contributed by atoms with E-state index >= 15 is 0 Å². The van der Waals surface area contributed by atoms with E-state index in [2.05, 4.69) is 38.2 Å². The lowest BCUT2D eigenvalue weighted by molar-refractivity contribution is 0.970. The highest BCUT2D eigenvalue weighted by molar-refractivity contribution is 5.94. The number of aryl methyl sites for hydroxylation is 1. The Morgan fingerprint density at radius 3 is 2.75 bits per heavy atom. The van der Waals surface area contributed by atoms with Gasteiger partial charge in [-0.05, 0) is 18.2 Å². The van der Waals surface area contributed by atoms with Crippen LogP contribution in [0.5, 0.6) is 0 Å². The molecule has 2 heterocycles. The van der Waals surface area contributed by atoms with Gasteiger partial charge in [-0.15, -0.1) is 0 Å². The molecule has 4 aromatic rings. The summed E-state index contributed by atoms with van der Waals surface area (Å²) in [6.07, 6.45) is 2.08. The van der Waals surface area contributed by atoms with Gasteiger partial charge in [-0.2, -0.15) is 0 Å². The Balaban J connectivity index is 1.80. The van der Waals surface area contributed by atoms with Gasteiger partial charge in [-0.25, -0.2) is 4.98 Å². The van der Waals surface area contributed by atoms with Crippen LogP contribution in [-0.4, -0.2) is 14.5 Å². The van der Waals surface area contributed by atoms with Gasteiger partial charge in [0.25, 0.3) is 0 Å². The number of rotatable bonds is 2. The average Bonchev–Trinajstić information content (AvgIpc) is 3.01. The predicted molar refractivity (Wildman–Crippen MR) is 82.3 cm³/mol. The normalized spacial score (nSPS) is 11.2. The van der Waals surface area contributed by atoms with E-state index < -0.39 is 0 Å². The third-order valence-corrected chi connectivity index (χ3v) is 3.54. The number of anilines is 2. The highest BCUT2D eigenvalue weighted by Gasteiger charge is 2.08. The van der Waals surface area contributed by atoms with Crippen molar-refractivity contribution in [2.75, 3.05) is 5.32 Å². The molecular formula is C16H14N4. The van der Waals surface area contributed by atoms with E-state index in [0.717, 1.165) is 22.7 Å². The van der Waals surface area contributed by atoms with Gasteiger partial charge >= 0.3 is 0 Å². The second kappa shape index (κ2) is 4.13. The minimum absolute atomic E-state index is 0.766. The Morgan fingerprint density at radius 2 is 1.85 bits per heavy atom. The quantitative estimate of drug-likeness (QED) is 0.577. The first-order valence-electron chi connectivity index (χ1n) is 6.57. The Labute approximate surface area is 116 Å². The van der Waals surface area contributed by atoms with Crippen LogP contribution in [0, 0.1) is 0 Å². The standard InChI is InChI=1S/C16H14N4/c1-20-10-14(11-6-2-5-9-15(11)20)19-16-17-12-7-3-4-8-13(12)18-16/h2-10H,1H3,(H2,17,18,19). The Hall–Kier alpha value is -2.75. The Bertz CT molecular complexity index is 868. The number of fused-ring (bicyclic) bond motifs is 2. The smallest absolute Gasteiger partial charge is 0.205 e. The third-order valence-electron chi connectivity index (χ3n) is 3.54. The second-order valence-corrected chi connectivity index (χ2v) is 4.90. The van der Waals surface area contributed by atoms with Crippen molar-refractivity contribution in [3.63, 3.8) is 0 Å². The van der Waals surface area contributed by atoms with E-state index in [0.29, 0.717) is 0 Å². The number of aromatic amines is 1. The summed E-state index contributed by atoms with van der Waals surface area (Å²) in [5.74, 6) is 0.766. The molecule has 20 heavy (non-hydrogen) atoms. The molecular weight excluding hydrogens is 248 g/mol. The van der Waals surface area contributed by atoms with Crippen molar-refractivity contribution in [3.8, 4) is 0 Å². The maximum atomic E-state index is 4.55. The summed E-state index contributed by atoms with van der Waals surface area (Å²) in [5, 5.41) is 4.56. The van der Waals surface area contributed by atoms with Gasteiger partial charge in [-0.3, -0.25) is 0 Å². The molecule has 2 aromatic carbocycles. The van der Waals surface area contributed by atoms with Gasteiger partial charge in [0, 0.05) is 24.1 Å². The third kappa shape index (κ3) is 1.66. The molecule has 2 N–H and O–H groups in total. The van der Waals surface area contributed by atoms with Crippen molar-refractivity contribution in [2.45, 2.75) is 0 Å². The Kier molecular flexibility index (Phi) is 2.29. The number of para-hydroxylation sites is 3. The van der Waals surface area contributed by atoms with Crippen LogP contribution in [0.4, 0.5) is 11.6 Å². The number of hydrogen-bond acceptors (Lipinski definition) is 2. The van der Waals surface area contributed by atoms with E-state index in [1.54, 1.807) is 0 Å². The van der Waals surface area contributed by atoms with Gasteiger partial charge in [0.15, 0.2) is 0 Å². The van der Waals surface area contributed by atoms with Gasteiger partial charge in [-0.1, -0.05) is 30.3 Å². The molecule has 0 aliphatic heterocycles. The fourth-order valence-corrected chi connectivity index (χ4v) is 2.58. The van der Waals surface area contributed by atoms with Crippen LogP contribution in [-0.2, 0) is 7.05 Å². The lowest BCUT2D eigenvalue weighted by atomic mass is 10.2. The zero-order chi connectivity index (χ0) is 13.5. The SMILES string of the molecule is Cn1cc(Nc2nc3ccccc3[nH]2)c2ccccc21. The van der Waals surface area contributed by atoms with Crippen LogP contribution in [0.15, 0.2) is 54.7 Å². The molecule has 0 saturated heterocycles. The highest BCUT2D eigenvalue weighted by atomic mass is 15.1. The van der Waals surface area contributed by atoms with Crippen LogP contribution in [0.3, 0.4) is 0 Å². The molecule has 2 aromatic heterocycles. The van der Waals surface area contributed by atoms with Crippen molar-refractivity contribution >= 4 is 33.6 Å².